The van der Waals surface area contributed by atoms with Crippen LogP contribution in [0.2, 0.25) is 0 Å². The molecule has 1 unspecified atom stereocenters. The fraction of sp³-hybridized carbons (Fsp3) is 0.417. The molecule has 3 nitrogen and oxygen atoms in total. The minimum atomic E-state index is -0.560. The van der Waals surface area contributed by atoms with Gasteiger partial charge in [-0.1, -0.05) is 12.1 Å². The first-order valence-corrected chi connectivity index (χ1v) is 4.91. The summed E-state index contributed by atoms with van der Waals surface area (Å²) in [7, 11) is 2.98. The Hall–Kier alpha value is -1.44. The molecule has 0 amide bonds. The Kier molecular flexibility index (Phi) is 4.90. The molecule has 0 aromatic heterocycles. The van der Waals surface area contributed by atoms with Gasteiger partial charge in [0.25, 0.3) is 0 Å². The predicted molar refractivity (Wildman–Crippen MR) is 57.0 cm³/mol. The van der Waals surface area contributed by atoms with Crippen LogP contribution in [-0.4, -0.2) is 20.5 Å². The van der Waals surface area contributed by atoms with Gasteiger partial charge in [-0.25, -0.2) is 4.39 Å². The second-order valence-corrected chi connectivity index (χ2v) is 3.41. The number of benzene rings is 1. The summed E-state index contributed by atoms with van der Waals surface area (Å²) in [6.07, 6.45) is -0.0848. The van der Waals surface area contributed by atoms with Crippen molar-refractivity contribution >= 4 is 0 Å². The highest BCUT2D eigenvalue weighted by Gasteiger charge is 2.20. The molecule has 0 spiro atoms. The quantitative estimate of drug-likeness (QED) is 0.718. The van der Waals surface area contributed by atoms with E-state index in [1.165, 1.54) is 26.4 Å². The van der Waals surface area contributed by atoms with E-state index in [0.717, 1.165) is 5.56 Å². The van der Waals surface area contributed by atoms with Crippen molar-refractivity contribution in [3.63, 3.8) is 0 Å². The van der Waals surface area contributed by atoms with E-state index in [1.54, 1.807) is 12.1 Å². The summed E-state index contributed by atoms with van der Waals surface area (Å²) in [6, 6.07) is 8.18. The average molecular weight is 223 g/mol. The van der Waals surface area contributed by atoms with Crippen molar-refractivity contribution in [3.8, 4) is 6.07 Å². The van der Waals surface area contributed by atoms with Crippen molar-refractivity contribution < 1.29 is 13.9 Å². The van der Waals surface area contributed by atoms with Crippen LogP contribution < -0.4 is 0 Å². The van der Waals surface area contributed by atoms with E-state index >= 15 is 0 Å². The Labute approximate surface area is 94.4 Å². The third kappa shape index (κ3) is 3.30. The van der Waals surface area contributed by atoms with Gasteiger partial charge in [-0.15, -0.1) is 0 Å². The molecule has 0 fully saturated rings. The maximum absolute atomic E-state index is 12.7. The molecule has 0 bridgehead atoms. The first kappa shape index (κ1) is 12.6. The first-order valence-electron chi connectivity index (χ1n) is 4.91. The van der Waals surface area contributed by atoms with Crippen molar-refractivity contribution in [2.24, 2.45) is 5.92 Å². The van der Waals surface area contributed by atoms with E-state index in [1.807, 2.05) is 0 Å². The summed E-state index contributed by atoms with van der Waals surface area (Å²) < 4.78 is 22.7. The second kappa shape index (κ2) is 6.21. The molecule has 1 rings (SSSR count). The van der Waals surface area contributed by atoms with Crippen LogP contribution in [0, 0.1) is 23.1 Å². The molecular formula is C12H14FNO2. The maximum Gasteiger partial charge on any atom is 0.172 e. The van der Waals surface area contributed by atoms with E-state index in [2.05, 4.69) is 6.07 Å². The summed E-state index contributed by atoms with van der Waals surface area (Å²) in [6.45, 7) is 0. The van der Waals surface area contributed by atoms with Gasteiger partial charge in [0.05, 0.1) is 6.07 Å². The number of nitrogens with zero attached hydrogens (tertiary/aromatic N) is 1. The highest BCUT2D eigenvalue weighted by Crippen LogP contribution is 2.15. The Morgan fingerprint density at radius 2 is 1.81 bits per heavy atom. The number of hydrogen-bond acceptors (Lipinski definition) is 3. The van der Waals surface area contributed by atoms with E-state index in [4.69, 9.17) is 14.7 Å². The summed E-state index contributed by atoms with van der Waals surface area (Å²) >= 11 is 0. The van der Waals surface area contributed by atoms with Gasteiger partial charge in [0.2, 0.25) is 0 Å². The lowest BCUT2D eigenvalue weighted by Crippen LogP contribution is -2.25. The maximum atomic E-state index is 12.7. The number of methoxy groups -OCH3 is 2. The number of nitriles is 1. The minimum Gasteiger partial charge on any atom is -0.354 e. The van der Waals surface area contributed by atoms with Crippen LogP contribution in [0.15, 0.2) is 24.3 Å². The lowest BCUT2D eigenvalue weighted by Gasteiger charge is -2.18. The number of hydrogen-bond donors (Lipinski definition) is 0. The zero-order valence-corrected chi connectivity index (χ0v) is 9.31. The van der Waals surface area contributed by atoms with Crippen molar-refractivity contribution in [3.05, 3.63) is 35.6 Å². The van der Waals surface area contributed by atoms with Crippen molar-refractivity contribution in [2.75, 3.05) is 14.2 Å². The first-order chi connectivity index (χ1) is 7.71. The smallest absolute Gasteiger partial charge is 0.172 e. The van der Waals surface area contributed by atoms with Crippen LogP contribution in [0.5, 0.6) is 0 Å². The van der Waals surface area contributed by atoms with Crippen LogP contribution in [0.3, 0.4) is 0 Å². The standard InChI is InChI=1S/C12H14FNO2/c1-15-12(16-2)10(8-14)7-9-3-5-11(13)6-4-9/h3-6,10,12H,7H2,1-2H3. The van der Waals surface area contributed by atoms with E-state index in [-0.39, 0.29) is 5.82 Å². The molecule has 0 radical (unpaired) electrons. The van der Waals surface area contributed by atoms with Crippen molar-refractivity contribution in [1.82, 2.24) is 0 Å². The van der Waals surface area contributed by atoms with E-state index < -0.39 is 12.2 Å². The van der Waals surface area contributed by atoms with E-state index in [0.29, 0.717) is 6.42 Å². The van der Waals surface area contributed by atoms with Gasteiger partial charge in [0.15, 0.2) is 6.29 Å². The molecule has 16 heavy (non-hydrogen) atoms. The topological polar surface area (TPSA) is 42.2 Å². The molecule has 4 heteroatoms. The van der Waals surface area contributed by atoms with Gasteiger partial charge in [0, 0.05) is 14.2 Å². The van der Waals surface area contributed by atoms with Gasteiger partial charge >= 0.3 is 0 Å². The molecule has 0 heterocycles. The van der Waals surface area contributed by atoms with Crippen LogP contribution in [0.1, 0.15) is 5.56 Å². The molecule has 86 valence electrons. The molecule has 0 aliphatic carbocycles. The van der Waals surface area contributed by atoms with Gasteiger partial charge in [-0.3, -0.25) is 0 Å². The monoisotopic (exact) mass is 223 g/mol. The molecule has 0 saturated heterocycles. The molecule has 1 atom stereocenters. The zero-order chi connectivity index (χ0) is 12.0. The third-order valence-electron chi connectivity index (χ3n) is 2.33. The SMILES string of the molecule is COC(OC)C(C#N)Cc1ccc(F)cc1. The van der Waals surface area contributed by atoms with Gasteiger partial charge < -0.3 is 9.47 Å². The lowest BCUT2D eigenvalue weighted by molar-refractivity contribution is -0.124. The minimum absolute atomic E-state index is 0.285. The number of ether oxygens (including phenoxy) is 2. The molecule has 0 aliphatic heterocycles. The average Bonchev–Trinajstić information content (AvgIpc) is 2.32. The van der Waals surface area contributed by atoms with Crippen LogP contribution in [-0.2, 0) is 15.9 Å². The van der Waals surface area contributed by atoms with Gasteiger partial charge in [-0.2, -0.15) is 5.26 Å². The molecule has 0 aliphatic rings. The van der Waals surface area contributed by atoms with E-state index in [9.17, 15) is 4.39 Å². The summed E-state index contributed by atoms with van der Waals surface area (Å²) in [5.41, 5.74) is 0.882. The molecule has 0 saturated carbocycles. The lowest BCUT2D eigenvalue weighted by atomic mass is 10.00. The van der Waals surface area contributed by atoms with Crippen molar-refractivity contribution in [1.29, 1.82) is 5.26 Å². The summed E-state index contributed by atoms with van der Waals surface area (Å²) in [5, 5.41) is 8.99. The van der Waals surface area contributed by atoms with Gasteiger partial charge in [0.1, 0.15) is 11.7 Å². The summed E-state index contributed by atoms with van der Waals surface area (Å²) in [4.78, 5) is 0. The third-order valence-corrected chi connectivity index (χ3v) is 2.33. The molecular weight excluding hydrogens is 209 g/mol. The van der Waals surface area contributed by atoms with Crippen LogP contribution in [0.25, 0.3) is 0 Å². The second-order valence-electron chi connectivity index (χ2n) is 3.41. The van der Waals surface area contributed by atoms with Crippen LogP contribution in [0.4, 0.5) is 4.39 Å². The normalized spacial score (nSPS) is 12.4. The largest absolute Gasteiger partial charge is 0.354 e. The Morgan fingerprint density at radius 1 is 1.25 bits per heavy atom. The highest BCUT2D eigenvalue weighted by atomic mass is 19.1. The fourth-order valence-corrected chi connectivity index (χ4v) is 1.50. The molecule has 0 N–H and O–H groups in total. The zero-order valence-electron chi connectivity index (χ0n) is 9.31. The Bertz CT molecular complexity index is 354. The molecule has 1 aromatic rings. The highest BCUT2D eigenvalue weighted by molar-refractivity contribution is 5.18. The predicted octanol–water partition coefficient (Wildman–Crippen LogP) is 2.13. The fourth-order valence-electron chi connectivity index (χ4n) is 1.50. The Balaban J connectivity index is 2.70. The Morgan fingerprint density at radius 3 is 2.25 bits per heavy atom. The number of rotatable bonds is 5. The van der Waals surface area contributed by atoms with Crippen LogP contribution >= 0.6 is 0 Å². The number of halogens is 1. The molecule has 1 aromatic carbocycles. The van der Waals surface area contributed by atoms with Gasteiger partial charge in [-0.05, 0) is 24.1 Å². The summed E-state index contributed by atoms with van der Waals surface area (Å²) in [5.74, 6) is -0.687. The van der Waals surface area contributed by atoms with Crippen molar-refractivity contribution in [2.45, 2.75) is 12.7 Å².